The lowest BCUT2D eigenvalue weighted by atomic mass is 10.3. The molecule has 1 aromatic rings. The quantitative estimate of drug-likeness (QED) is 0.564. The topological polar surface area (TPSA) is 20.2 Å². The Morgan fingerprint density at radius 2 is 2.38 bits per heavy atom. The van der Waals surface area contributed by atoms with Crippen LogP contribution in [0.25, 0.3) is 0 Å². The summed E-state index contributed by atoms with van der Waals surface area (Å²) in [5, 5.41) is 9.07. The standard InChI is InChI=1S/C6H4ClO/c7-5-3-1-2-4-6(5)8/h1-3,8H. The highest BCUT2D eigenvalue weighted by Crippen LogP contribution is 2.19. The van der Waals surface area contributed by atoms with E-state index in [0.29, 0.717) is 5.02 Å². The summed E-state index contributed by atoms with van der Waals surface area (Å²) >= 11 is 5.43. The molecule has 0 aliphatic rings. The minimum absolute atomic E-state index is 0.00849. The fourth-order valence-electron chi connectivity index (χ4n) is 0.408. The summed E-state index contributed by atoms with van der Waals surface area (Å²) in [5.74, 6) is 0.00849. The molecule has 0 fully saturated rings. The van der Waals surface area contributed by atoms with Crippen LogP contribution in [-0.2, 0) is 0 Å². The second-order valence-corrected chi connectivity index (χ2v) is 1.77. The first kappa shape index (κ1) is 5.45. The third-order valence-corrected chi connectivity index (χ3v) is 1.09. The monoisotopic (exact) mass is 127 g/mol. The number of rotatable bonds is 0. The van der Waals surface area contributed by atoms with E-state index in [4.69, 9.17) is 16.7 Å². The first-order valence-corrected chi connectivity index (χ1v) is 2.53. The molecule has 0 atom stereocenters. The Labute approximate surface area is 52.5 Å². The summed E-state index contributed by atoms with van der Waals surface area (Å²) in [5.41, 5.74) is 0. The van der Waals surface area contributed by atoms with Crippen molar-refractivity contribution in [1.29, 1.82) is 0 Å². The van der Waals surface area contributed by atoms with E-state index >= 15 is 0 Å². The van der Waals surface area contributed by atoms with Gasteiger partial charge >= 0.3 is 0 Å². The van der Waals surface area contributed by atoms with E-state index in [1.807, 2.05) is 0 Å². The van der Waals surface area contributed by atoms with Crippen molar-refractivity contribution in [2.24, 2.45) is 0 Å². The van der Waals surface area contributed by atoms with Crippen molar-refractivity contribution in [1.82, 2.24) is 0 Å². The second-order valence-electron chi connectivity index (χ2n) is 1.37. The van der Waals surface area contributed by atoms with Crippen LogP contribution in [-0.4, -0.2) is 5.11 Å². The Balaban J connectivity index is 3.13. The molecule has 1 aromatic carbocycles. The smallest absolute Gasteiger partial charge is 0.142 e. The summed E-state index contributed by atoms with van der Waals surface area (Å²) < 4.78 is 0. The van der Waals surface area contributed by atoms with Gasteiger partial charge in [-0.2, -0.15) is 0 Å². The second kappa shape index (κ2) is 2.05. The molecule has 0 amide bonds. The van der Waals surface area contributed by atoms with Crippen LogP contribution in [0.1, 0.15) is 0 Å². The lowest BCUT2D eigenvalue weighted by Gasteiger charge is -1.89. The molecule has 0 bridgehead atoms. The normalized spacial score (nSPS) is 9.12. The van der Waals surface area contributed by atoms with Crippen LogP contribution >= 0.6 is 11.6 Å². The average Bonchev–Trinajstić information content (AvgIpc) is 1.77. The average molecular weight is 128 g/mol. The highest BCUT2D eigenvalue weighted by Gasteiger charge is 1.90. The van der Waals surface area contributed by atoms with Crippen LogP contribution in [0.3, 0.4) is 0 Å². The van der Waals surface area contributed by atoms with Gasteiger partial charge in [-0.3, -0.25) is 0 Å². The molecule has 1 radical (unpaired) electrons. The van der Waals surface area contributed by atoms with Gasteiger partial charge in [0.2, 0.25) is 0 Å². The molecular weight excluding hydrogens is 124 g/mol. The number of hydrogen-bond acceptors (Lipinski definition) is 1. The number of phenolic OH excluding ortho intramolecular Hbond substituents is 1. The van der Waals surface area contributed by atoms with Crippen LogP contribution in [0, 0.1) is 6.07 Å². The van der Waals surface area contributed by atoms with Crippen LogP contribution in [0.5, 0.6) is 5.75 Å². The van der Waals surface area contributed by atoms with E-state index in [1.165, 1.54) is 0 Å². The van der Waals surface area contributed by atoms with Crippen molar-refractivity contribution in [2.75, 3.05) is 0 Å². The van der Waals surface area contributed by atoms with E-state index in [0.717, 1.165) is 0 Å². The maximum atomic E-state index is 8.73. The lowest BCUT2D eigenvalue weighted by Crippen LogP contribution is -1.63. The van der Waals surface area contributed by atoms with Crippen molar-refractivity contribution in [3.05, 3.63) is 29.3 Å². The minimum Gasteiger partial charge on any atom is -0.506 e. The predicted molar refractivity (Wildman–Crippen MR) is 32.0 cm³/mol. The molecule has 2 heteroatoms. The fraction of sp³-hybridized carbons (Fsp3) is 0. The van der Waals surface area contributed by atoms with E-state index in [9.17, 15) is 0 Å². The Bertz CT molecular complexity index is 165. The molecule has 8 heavy (non-hydrogen) atoms. The summed E-state index contributed by atoms with van der Waals surface area (Å²) in [6.45, 7) is 0. The predicted octanol–water partition coefficient (Wildman–Crippen LogP) is 1.85. The molecule has 41 valence electrons. The van der Waals surface area contributed by atoms with Gasteiger partial charge in [-0.15, -0.1) is 0 Å². The number of benzene rings is 1. The Morgan fingerprint density at radius 1 is 1.62 bits per heavy atom. The molecule has 0 unspecified atom stereocenters. The third kappa shape index (κ3) is 0.928. The van der Waals surface area contributed by atoms with Crippen molar-refractivity contribution in [3.63, 3.8) is 0 Å². The zero-order valence-corrected chi connectivity index (χ0v) is 4.81. The third-order valence-electron chi connectivity index (χ3n) is 0.785. The van der Waals surface area contributed by atoms with E-state index in [1.54, 1.807) is 18.2 Å². The maximum absolute atomic E-state index is 8.73. The van der Waals surface area contributed by atoms with Gasteiger partial charge < -0.3 is 5.11 Å². The summed E-state index contributed by atoms with van der Waals surface area (Å²) in [6.07, 6.45) is 0. The van der Waals surface area contributed by atoms with Crippen LogP contribution in [0.15, 0.2) is 18.2 Å². The van der Waals surface area contributed by atoms with Gasteiger partial charge in [-0.25, -0.2) is 0 Å². The van der Waals surface area contributed by atoms with Crippen LogP contribution in [0.2, 0.25) is 5.02 Å². The summed E-state index contributed by atoms with van der Waals surface area (Å²) in [6, 6.07) is 7.44. The fourth-order valence-corrected chi connectivity index (χ4v) is 0.535. The molecule has 0 heterocycles. The molecule has 0 aliphatic heterocycles. The van der Waals surface area contributed by atoms with Gasteiger partial charge in [0.1, 0.15) is 5.75 Å². The van der Waals surface area contributed by atoms with Crippen molar-refractivity contribution >= 4 is 11.6 Å². The Hall–Kier alpha value is -0.690. The Morgan fingerprint density at radius 3 is 2.75 bits per heavy atom. The van der Waals surface area contributed by atoms with Crippen molar-refractivity contribution in [3.8, 4) is 5.75 Å². The number of phenols is 1. The zero-order valence-electron chi connectivity index (χ0n) is 4.06. The largest absolute Gasteiger partial charge is 0.506 e. The van der Waals surface area contributed by atoms with Gasteiger partial charge in [0, 0.05) is 6.07 Å². The SMILES string of the molecule is Oc1[c]cccc1Cl. The minimum atomic E-state index is 0.00849. The van der Waals surface area contributed by atoms with Gasteiger partial charge in [0.25, 0.3) is 0 Å². The summed E-state index contributed by atoms with van der Waals surface area (Å²) in [7, 11) is 0. The Kier molecular flexibility index (Phi) is 1.40. The zero-order chi connectivity index (χ0) is 5.98. The molecule has 0 saturated carbocycles. The number of para-hydroxylation sites is 1. The lowest BCUT2D eigenvalue weighted by molar-refractivity contribution is 0.474. The molecule has 0 saturated heterocycles. The molecule has 1 nitrogen and oxygen atoms in total. The van der Waals surface area contributed by atoms with Gasteiger partial charge in [0.05, 0.1) is 5.02 Å². The van der Waals surface area contributed by atoms with Gasteiger partial charge in [-0.1, -0.05) is 23.7 Å². The van der Waals surface area contributed by atoms with Crippen molar-refractivity contribution in [2.45, 2.75) is 0 Å². The highest BCUT2D eigenvalue weighted by molar-refractivity contribution is 6.31. The highest BCUT2D eigenvalue weighted by atomic mass is 35.5. The van der Waals surface area contributed by atoms with Crippen LogP contribution in [0.4, 0.5) is 0 Å². The molecule has 0 aliphatic carbocycles. The van der Waals surface area contributed by atoms with E-state index in [2.05, 4.69) is 6.07 Å². The van der Waals surface area contributed by atoms with E-state index in [-0.39, 0.29) is 5.75 Å². The molecule has 0 aromatic heterocycles. The molecule has 0 spiro atoms. The van der Waals surface area contributed by atoms with Gasteiger partial charge in [-0.05, 0) is 6.07 Å². The van der Waals surface area contributed by atoms with Crippen LogP contribution < -0.4 is 0 Å². The summed E-state index contributed by atoms with van der Waals surface area (Å²) in [4.78, 5) is 0. The first-order valence-electron chi connectivity index (χ1n) is 2.16. The number of aromatic hydroxyl groups is 1. The van der Waals surface area contributed by atoms with Crippen molar-refractivity contribution < 1.29 is 5.11 Å². The maximum Gasteiger partial charge on any atom is 0.142 e. The molecular formula is C6H4ClO. The number of hydrogen-bond donors (Lipinski definition) is 1. The van der Waals surface area contributed by atoms with Gasteiger partial charge in [0.15, 0.2) is 0 Å². The first-order chi connectivity index (χ1) is 3.80. The molecule has 1 rings (SSSR count). The number of halogens is 1. The van der Waals surface area contributed by atoms with E-state index < -0.39 is 0 Å². The molecule has 1 N–H and O–H groups in total.